The third-order valence-corrected chi connectivity index (χ3v) is 4.78. The second-order valence-corrected chi connectivity index (χ2v) is 11.7. The first-order valence-corrected chi connectivity index (χ1v) is 8.65. The van der Waals surface area contributed by atoms with Gasteiger partial charge in [-0.15, -0.1) is 0 Å². The summed E-state index contributed by atoms with van der Waals surface area (Å²) in [4.78, 5) is 12.4. The quantitative estimate of drug-likeness (QED) is 0.590. The van der Waals surface area contributed by atoms with E-state index in [1.165, 1.54) is 7.94 Å². The van der Waals surface area contributed by atoms with E-state index in [1.807, 2.05) is 0 Å². The van der Waals surface area contributed by atoms with Gasteiger partial charge in [-0.2, -0.15) is 0 Å². The average Bonchev–Trinajstić information content (AvgIpc) is 2.52. The van der Waals surface area contributed by atoms with Crippen LogP contribution in [0.1, 0.15) is 0 Å². The maximum absolute atomic E-state index is 12.4. The van der Waals surface area contributed by atoms with E-state index in [0.717, 1.165) is 23.9 Å². The largest absolute Gasteiger partial charge is 0.349 e. The van der Waals surface area contributed by atoms with Crippen LogP contribution in [0.4, 0.5) is 0 Å². The summed E-state index contributed by atoms with van der Waals surface area (Å²) in [5.74, 6) is 0. The van der Waals surface area contributed by atoms with Gasteiger partial charge in [-0.25, -0.2) is 12.7 Å². The van der Waals surface area contributed by atoms with Crippen molar-refractivity contribution in [3.8, 4) is 0 Å². The van der Waals surface area contributed by atoms with Gasteiger partial charge in [0.15, 0.2) is 0 Å². The highest BCUT2D eigenvalue weighted by Crippen LogP contribution is 2.43. The number of para-hydroxylation sites is 2. The Labute approximate surface area is 152 Å². The van der Waals surface area contributed by atoms with Crippen LogP contribution in [-0.4, -0.2) is 14.2 Å². The Kier molecular flexibility index (Phi) is 5.36. The van der Waals surface area contributed by atoms with E-state index in [9.17, 15) is 4.79 Å². The molecule has 2 rings (SSSR count). The fourth-order valence-corrected chi connectivity index (χ4v) is 4.01. The summed E-state index contributed by atoms with van der Waals surface area (Å²) in [6, 6.07) is 6.91. The van der Waals surface area contributed by atoms with Crippen LogP contribution in [0.15, 0.2) is 29.1 Å². The summed E-state index contributed by atoms with van der Waals surface area (Å²) < 4.78 is -0.898. The minimum absolute atomic E-state index is 0.473. The van der Waals surface area contributed by atoms with Gasteiger partial charge in [-0.3, -0.25) is 0 Å². The van der Waals surface area contributed by atoms with Gasteiger partial charge < -0.3 is 0 Å². The van der Waals surface area contributed by atoms with Crippen molar-refractivity contribution in [3.63, 3.8) is 0 Å². The van der Waals surface area contributed by atoms with Gasteiger partial charge in [0.25, 0.3) is 6.25 Å². The van der Waals surface area contributed by atoms with Gasteiger partial charge in [0, 0.05) is 23.9 Å². The number of imidazole rings is 1. The molecule has 0 N–H and O–H groups in total. The molecule has 11 heteroatoms. The molecule has 0 radical (unpaired) electrons. The lowest BCUT2D eigenvalue weighted by Gasteiger charge is -2.10. The van der Waals surface area contributed by atoms with Crippen molar-refractivity contribution < 1.29 is 0 Å². The molecule has 0 atom stereocenters. The van der Waals surface area contributed by atoms with Crippen molar-refractivity contribution in [3.05, 3.63) is 34.7 Å². The van der Waals surface area contributed by atoms with E-state index >= 15 is 0 Å². The summed E-state index contributed by atoms with van der Waals surface area (Å²) in [6.07, 6.45) is 0. The summed E-state index contributed by atoms with van der Waals surface area (Å²) in [5.41, 5.74) is 0.630. The minimum atomic E-state index is -1.69. The van der Waals surface area contributed by atoms with Crippen molar-refractivity contribution in [2.24, 2.45) is 0 Å². The van der Waals surface area contributed by atoms with E-state index in [-0.39, 0.29) is 0 Å². The zero-order chi connectivity index (χ0) is 15.1. The van der Waals surface area contributed by atoms with Gasteiger partial charge in [-0.05, 0) is 12.1 Å². The fourth-order valence-electron chi connectivity index (χ4n) is 1.48. The molecule has 0 unspecified atom stereocenters. The third-order valence-electron chi connectivity index (χ3n) is 2.06. The van der Waals surface area contributed by atoms with Crippen LogP contribution in [0.25, 0.3) is 11.0 Å². The molecule has 1 aromatic carbocycles. The molecular weight excluding hydrogens is 429 g/mol. The first kappa shape index (κ1) is 17.3. The number of hydrogen-bond donors (Lipinski definition) is 0. The molecule has 110 valence electrons. The second-order valence-electron chi connectivity index (χ2n) is 3.43. The molecule has 0 spiro atoms. The van der Waals surface area contributed by atoms with Crippen molar-refractivity contribution in [2.75, 3.05) is 0 Å². The Bertz CT molecular complexity index is 630. The Hall–Kier alpha value is 0.930. The minimum Gasteiger partial charge on any atom is -0.246 e. The average molecular weight is 433 g/mol. The van der Waals surface area contributed by atoms with E-state index in [2.05, 4.69) is 0 Å². The van der Waals surface area contributed by atoms with Crippen molar-refractivity contribution >= 4 is 105 Å². The van der Waals surface area contributed by atoms with Crippen molar-refractivity contribution in [1.29, 1.82) is 0 Å². The molecular formula is C9H4Cl6N2OS2. The lowest BCUT2D eigenvalue weighted by atomic mass is 10.3. The van der Waals surface area contributed by atoms with Gasteiger partial charge >= 0.3 is 5.69 Å². The van der Waals surface area contributed by atoms with Crippen LogP contribution in [0.5, 0.6) is 0 Å². The lowest BCUT2D eigenvalue weighted by Crippen LogP contribution is -2.21. The second kappa shape index (κ2) is 6.20. The number of rotatable bonds is 2. The number of aromatic nitrogens is 2. The van der Waals surface area contributed by atoms with Gasteiger partial charge in [0.1, 0.15) is 0 Å². The molecule has 0 aliphatic rings. The molecule has 3 nitrogen and oxygen atoms in total. The van der Waals surface area contributed by atoms with Crippen LogP contribution in [0, 0.1) is 0 Å². The Morgan fingerprint density at radius 2 is 1.15 bits per heavy atom. The lowest BCUT2D eigenvalue weighted by molar-refractivity contribution is 1.10. The van der Waals surface area contributed by atoms with Crippen molar-refractivity contribution in [1.82, 2.24) is 7.94 Å². The maximum atomic E-state index is 12.4. The number of halogens is 6. The smallest absolute Gasteiger partial charge is 0.246 e. The first-order chi connectivity index (χ1) is 9.08. The van der Waals surface area contributed by atoms with Crippen LogP contribution < -0.4 is 5.69 Å². The number of fused-ring (bicyclic) bond motifs is 1. The zero-order valence-corrected chi connectivity index (χ0v) is 15.4. The van der Waals surface area contributed by atoms with Crippen LogP contribution in [-0.2, 0) is 0 Å². The Morgan fingerprint density at radius 1 is 0.800 bits per heavy atom. The molecule has 0 saturated carbocycles. The highest BCUT2D eigenvalue weighted by molar-refractivity contribution is 8.04. The molecule has 2 aromatic rings. The summed E-state index contributed by atoms with van der Waals surface area (Å²) in [6.45, 7) is 0. The van der Waals surface area contributed by atoms with Crippen LogP contribution in [0.3, 0.4) is 0 Å². The predicted octanol–water partition coefficient (Wildman–Crippen LogP) is 5.45. The van der Waals surface area contributed by atoms with E-state index in [4.69, 9.17) is 69.6 Å². The fraction of sp³-hybridized carbons (Fsp3) is 0.222. The third kappa shape index (κ3) is 4.23. The van der Waals surface area contributed by atoms with Crippen LogP contribution >= 0.6 is 93.5 Å². The molecule has 20 heavy (non-hydrogen) atoms. The van der Waals surface area contributed by atoms with E-state index in [0.29, 0.717) is 11.0 Å². The van der Waals surface area contributed by atoms with Gasteiger partial charge in [0.2, 0.25) is 0 Å². The molecule has 1 aromatic heterocycles. The van der Waals surface area contributed by atoms with E-state index in [1.54, 1.807) is 24.3 Å². The topological polar surface area (TPSA) is 26.9 Å². The Balaban J connectivity index is 2.65. The molecule has 0 fully saturated rings. The summed E-state index contributed by atoms with van der Waals surface area (Å²) in [7, 11) is 0. The highest BCUT2D eigenvalue weighted by atomic mass is 35.6. The summed E-state index contributed by atoms with van der Waals surface area (Å²) >= 11 is 35.8. The molecule has 0 aliphatic heterocycles. The monoisotopic (exact) mass is 430 g/mol. The van der Waals surface area contributed by atoms with Gasteiger partial charge in [0.05, 0.1) is 11.0 Å². The standard InChI is InChI=1S/C9H4Cl6N2OS2/c10-8(11,12)19-16-5-3-1-2-4-6(5)17(7(16)18)20-9(13,14)15/h1-4H. The normalized spacial score (nSPS) is 13.1. The molecule has 1 heterocycles. The molecule has 0 bridgehead atoms. The predicted molar refractivity (Wildman–Crippen MR) is 92.8 cm³/mol. The first-order valence-electron chi connectivity index (χ1n) is 4.83. The number of alkyl halides is 6. The highest BCUT2D eigenvalue weighted by Gasteiger charge is 2.29. The van der Waals surface area contributed by atoms with E-state index < -0.39 is 11.9 Å². The maximum Gasteiger partial charge on any atom is 0.349 e. The summed E-state index contributed by atoms with van der Waals surface area (Å²) in [5, 5.41) is 0. The Morgan fingerprint density at radius 3 is 1.45 bits per heavy atom. The molecule has 0 aliphatic carbocycles. The van der Waals surface area contributed by atoms with Crippen LogP contribution in [0.2, 0.25) is 0 Å². The molecule has 0 amide bonds. The van der Waals surface area contributed by atoms with Crippen molar-refractivity contribution in [2.45, 2.75) is 6.25 Å². The molecule has 0 saturated heterocycles. The number of hydrogen-bond acceptors (Lipinski definition) is 3. The SMILES string of the molecule is O=c1n(SC(Cl)(Cl)Cl)c2ccccc2n1SC(Cl)(Cl)Cl. The number of nitrogens with zero attached hydrogens (tertiary/aromatic N) is 2. The zero-order valence-electron chi connectivity index (χ0n) is 9.20. The van der Waals surface area contributed by atoms with Gasteiger partial charge in [-0.1, -0.05) is 81.7 Å². The number of benzene rings is 1.